The number of hydrogen-bond acceptors (Lipinski definition) is 6. The molecule has 1 aliphatic rings. The Kier molecular flexibility index (Phi) is 3.96. The fraction of sp³-hybridized carbons (Fsp3) is 0.500. The van der Waals surface area contributed by atoms with Crippen LogP contribution in [0.3, 0.4) is 0 Å². The van der Waals surface area contributed by atoms with Crippen LogP contribution in [0.1, 0.15) is 28.9 Å². The van der Waals surface area contributed by atoms with Crippen molar-refractivity contribution in [1.82, 2.24) is 20.0 Å². The van der Waals surface area contributed by atoms with E-state index in [0.29, 0.717) is 48.8 Å². The number of urea groups is 1. The SMILES string of the molecule is Cc1nc(C2CCN(C(=O)Nc3ncc(C(F)(F)F)s3)C2)no1. The average molecular weight is 347 g/mol. The van der Waals surface area contributed by atoms with Crippen molar-refractivity contribution in [2.75, 3.05) is 18.4 Å². The van der Waals surface area contributed by atoms with Crippen molar-refractivity contribution >= 4 is 22.5 Å². The Labute approximate surface area is 132 Å². The lowest BCUT2D eigenvalue weighted by atomic mass is 10.1. The van der Waals surface area contributed by atoms with E-state index in [4.69, 9.17) is 4.52 Å². The molecule has 7 nitrogen and oxygen atoms in total. The highest BCUT2D eigenvalue weighted by molar-refractivity contribution is 7.15. The summed E-state index contributed by atoms with van der Waals surface area (Å²) in [5, 5.41) is 6.13. The van der Waals surface area contributed by atoms with Gasteiger partial charge in [-0.1, -0.05) is 16.5 Å². The highest BCUT2D eigenvalue weighted by Crippen LogP contribution is 2.35. The number of nitrogens with zero attached hydrogens (tertiary/aromatic N) is 4. The monoisotopic (exact) mass is 347 g/mol. The first-order valence-corrected chi connectivity index (χ1v) is 7.54. The van der Waals surface area contributed by atoms with Crippen molar-refractivity contribution in [1.29, 1.82) is 0 Å². The quantitative estimate of drug-likeness (QED) is 0.903. The van der Waals surface area contributed by atoms with Crippen molar-refractivity contribution in [3.05, 3.63) is 22.8 Å². The molecule has 1 fully saturated rings. The summed E-state index contributed by atoms with van der Waals surface area (Å²) in [6.07, 6.45) is -3.09. The number of carbonyl (C=O) groups is 1. The minimum Gasteiger partial charge on any atom is -0.340 e. The van der Waals surface area contributed by atoms with Gasteiger partial charge >= 0.3 is 12.2 Å². The molecule has 0 spiro atoms. The summed E-state index contributed by atoms with van der Waals surface area (Å²) in [5.74, 6) is 0.942. The lowest BCUT2D eigenvalue weighted by Gasteiger charge is -2.15. The number of alkyl halides is 3. The zero-order valence-electron chi connectivity index (χ0n) is 11.9. The molecule has 2 aromatic heterocycles. The Morgan fingerprint density at radius 2 is 2.30 bits per heavy atom. The van der Waals surface area contributed by atoms with E-state index in [1.807, 2.05) is 0 Å². The van der Waals surface area contributed by atoms with E-state index < -0.39 is 17.1 Å². The van der Waals surface area contributed by atoms with Gasteiger partial charge in [0, 0.05) is 25.9 Å². The molecule has 0 aliphatic carbocycles. The second-order valence-corrected chi connectivity index (χ2v) is 6.09. The van der Waals surface area contributed by atoms with Gasteiger partial charge in [-0.2, -0.15) is 18.2 Å². The molecule has 23 heavy (non-hydrogen) atoms. The molecular weight excluding hydrogens is 335 g/mol. The fourth-order valence-electron chi connectivity index (χ4n) is 2.27. The largest absolute Gasteiger partial charge is 0.427 e. The second kappa shape index (κ2) is 5.80. The van der Waals surface area contributed by atoms with Crippen LogP contribution in [0.15, 0.2) is 10.7 Å². The molecule has 0 saturated carbocycles. The number of nitrogens with one attached hydrogen (secondary N) is 1. The number of anilines is 1. The van der Waals surface area contributed by atoms with E-state index in [9.17, 15) is 18.0 Å². The van der Waals surface area contributed by atoms with Crippen LogP contribution in [0.4, 0.5) is 23.1 Å². The molecule has 124 valence electrons. The van der Waals surface area contributed by atoms with Crippen molar-refractivity contribution in [3.8, 4) is 0 Å². The maximum atomic E-state index is 12.5. The zero-order chi connectivity index (χ0) is 16.6. The molecular formula is C12H12F3N5O2S. The number of hydrogen-bond donors (Lipinski definition) is 1. The maximum Gasteiger partial charge on any atom is 0.427 e. The van der Waals surface area contributed by atoms with Crippen LogP contribution >= 0.6 is 11.3 Å². The average Bonchev–Trinajstić information content (AvgIpc) is 3.15. The minimum absolute atomic E-state index is 0.0415. The number of likely N-dealkylation sites (tertiary alicyclic amines) is 1. The maximum absolute atomic E-state index is 12.5. The van der Waals surface area contributed by atoms with Crippen LogP contribution < -0.4 is 5.32 Å². The number of thiazole rings is 1. The van der Waals surface area contributed by atoms with Crippen molar-refractivity contribution in [2.45, 2.75) is 25.4 Å². The molecule has 2 amide bonds. The molecule has 0 aromatic carbocycles. The van der Waals surface area contributed by atoms with Gasteiger partial charge in [0.1, 0.15) is 4.88 Å². The van der Waals surface area contributed by atoms with Gasteiger partial charge in [0.05, 0.1) is 6.20 Å². The number of aryl methyl sites for hydroxylation is 1. The summed E-state index contributed by atoms with van der Waals surface area (Å²) in [6.45, 7) is 2.51. The zero-order valence-corrected chi connectivity index (χ0v) is 12.7. The normalized spacial score (nSPS) is 18.4. The van der Waals surface area contributed by atoms with Crippen molar-refractivity contribution in [2.24, 2.45) is 0 Å². The number of halogens is 3. The fourth-order valence-corrected chi connectivity index (χ4v) is 2.94. The van der Waals surface area contributed by atoms with Crippen LogP contribution in [-0.4, -0.2) is 39.1 Å². The molecule has 11 heteroatoms. The third kappa shape index (κ3) is 3.44. The van der Waals surface area contributed by atoms with E-state index >= 15 is 0 Å². The molecule has 1 N–H and O–H groups in total. The highest BCUT2D eigenvalue weighted by atomic mass is 32.1. The predicted octanol–water partition coefficient (Wildman–Crippen LogP) is 2.87. The van der Waals surface area contributed by atoms with Crippen molar-refractivity contribution in [3.63, 3.8) is 0 Å². The van der Waals surface area contributed by atoms with E-state index in [2.05, 4.69) is 20.4 Å². The van der Waals surface area contributed by atoms with Crippen LogP contribution in [-0.2, 0) is 6.18 Å². The molecule has 1 atom stereocenters. The van der Waals surface area contributed by atoms with E-state index in [-0.39, 0.29) is 11.0 Å². The lowest BCUT2D eigenvalue weighted by molar-refractivity contribution is -0.134. The summed E-state index contributed by atoms with van der Waals surface area (Å²) in [7, 11) is 0. The Balaban J connectivity index is 1.60. The molecule has 0 bridgehead atoms. The number of rotatable bonds is 2. The van der Waals surface area contributed by atoms with Crippen LogP contribution in [0.5, 0.6) is 0 Å². The topological polar surface area (TPSA) is 84.2 Å². The van der Waals surface area contributed by atoms with Crippen molar-refractivity contribution < 1.29 is 22.5 Å². The van der Waals surface area contributed by atoms with E-state index in [0.717, 1.165) is 0 Å². The van der Waals surface area contributed by atoms with Gasteiger partial charge in [-0.3, -0.25) is 5.32 Å². The molecule has 1 unspecified atom stereocenters. The first kappa shape index (κ1) is 15.7. The molecule has 2 aromatic rings. The lowest BCUT2D eigenvalue weighted by Crippen LogP contribution is -2.32. The van der Waals surface area contributed by atoms with Gasteiger partial charge in [0.2, 0.25) is 5.89 Å². The number of amides is 2. The molecule has 1 aliphatic heterocycles. The second-order valence-electron chi connectivity index (χ2n) is 5.06. The smallest absolute Gasteiger partial charge is 0.340 e. The Morgan fingerprint density at radius 3 is 2.91 bits per heavy atom. The molecule has 0 radical (unpaired) electrons. The summed E-state index contributed by atoms with van der Waals surface area (Å²) in [5.41, 5.74) is 0. The third-order valence-electron chi connectivity index (χ3n) is 3.38. The van der Waals surface area contributed by atoms with E-state index in [1.165, 1.54) is 4.90 Å². The van der Waals surface area contributed by atoms with Gasteiger partial charge in [-0.05, 0) is 6.42 Å². The van der Waals surface area contributed by atoms with Crippen LogP contribution in [0, 0.1) is 6.92 Å². The summed E-state index contributed by atoms with van der Waals surface area (Å²) in [4.78, 5) is 20.4. The first-order valence-electron chi connectivity index (χ1n) is 6.72. The minimum atomic E-state index is -4.46. The summed E-state index contributed by atoms with van der Waals surface area (Å²) < 4.78 is 42.4. The van der Waals surface area contributed by atoms with Gasteiger partial charge in [0.25, 0.3) is 0 Å². The molecule has 3 heterocycles. The van der Waals surface area contributed by atoms with Gasteiger partial charge in [-0.25, -0.2) is 9.78 Å². The Morgan fingerprint density at radius 1 is 1.52 bits per heavy atom. The van der Waals surface area contributed by atoms with Gasteiger partial charge < -0.3 is 9.42 Å². The number of aromatic nitrogens is 3. The standard InChI is InChI=1S/C12H12F3N5O2S/c1-6-17-9(19-22-6)7-2-3-20(5-7)11(21)18-10-16-4-8(23-10)12(13,14)15/h4,7H,2-3,5H2,1H3,(H,16,18,21). The van der Waals surface area contributed by atoms with Crippen LogP contribution in [0.2, 0.25) is 0 Å². The molecule has 1 saturated heterocycles. The van der Waals surface area contributed by atoms with Gasteiger partial charge in [0.15, 0.2) is 11.0 Å². The van der Waals surface area contributed by atoms with E-state index in [1.54, 1.807) is 6.92 Å². The van der Waals surface area contributed by atoms with Crippen LogP contribution in [0.25, 0.3) is 0 Å². The third-order valence-corrected chi connectivity index (χ3v) is 4.34. The summed E-state index contributed by atoms with van der Waals surface area (Å²) >= 11 is 0.393. The Bertz CT molecular complexity index is 714. The highest BCUT2D eigenvalue weighted by Gasteiger charge is 2.34. The number of carbonyl (C=O) groups excluding carboxylic acids is 1. The first-order chi connectivity index (χ1) is 10.8. The summed E-state index contributed by atoms with van der Waals surface area (Å²) in [6, 6.07) is -0.490. The van der Waals surface area contributed by atoms with Gasteiger partial charge in [-0.15, -0.1) is 0 Å². The Hall–Kier alpha value is -2.17. The molecule has 3 rings (SSSR count). The predicted molar refractivity (Wildman–Crippen MR) is 74.1 cm³/mol.